The van der Waals surface area contributed by atoms with Gasteiger partial charge in [-0.3, -0.25) is 4.79 Å². The van der Waals surface area contributed by atoms with Gasteiger partial charge in [0, 0.05) is 11.6 Å². The zero-order valence-corrected chi connectivity index (χ0v) is 14.8. The van der Waals surface area contributed by atoms with Gasteiger partial charge in [-0.05, 0) is 37.6 Å². The van der Waals surface area contributed by atoms with Crippen LogP contribution in [0.3, 0.4) is 0 Å². The predicted molar refractivity (Wildman–Crippen MR) is 102 cm³/mol. The monoisotopic (exact) mass is 339 g/mol. The number of carbonyl (C=O) groups is 1. The second kappa shape index (κ2) is 10.2. The van der Waals surface area contributed by atoms with Crippen molar-refractivity contribution in [3.8, 4) is 11.5 Å². The summed E-state index contributed by atoms with van der Waals surface area (Å²) in [6, 6.07) is 15.1. The molecule has 0 saturated carbocycles. The van der Waals surface area contributed by atoms with Gasteiger partial charge >= 0.3 is 0 Å². The van der Waals surface area contributed by atoms with Crippen LogP contribution in [0.4, 0.5) is 5.69 Å². The first-order chi connectivity index (χ1) is 12.2. The molecule has 0 radical (unpaired) electrons. The first-order valence-corrected chi connectivity index (χ1v) is 8.67. The van der Waals surface area contributed by atoms with Gasteiger partial charge in [-0.15, -0.1) is 0 Å². The highest BCUT2D eigenvalue weighted by Crippen LogP contribution is 2.24. The molecule has 0 saturated heterocycles. The number of para-hydroxylation sites is 3. The Morgan fingerprint density at radius 3 is 2.48 bits per heavy atom. The molecule has 0 aliphatic rings. The van der Waals surface area contributed by atoms with Crippen molar-refractivity contribution in [2.45, 2.75) is 26.7 Å². The van der Waals surface area contributed by atoms with Gasteiger partial charge < -0.3 is 14.8 Å². The molecule has 0 heterocycles. The van der Waals surface area contributed by atoms with E-state index >= 15 is 0 Å². The Bertz CT molecular complexity index is 710. The molecule has 0 unspecified atom stereocenters. The van der Waals surface area contributed by atoms with E-state index in [-0.39, 0.29) is 5.91 Å². The van der Waals surface area contributed by atoms with Crippen LogP contribution < -0.4 is 14.8 Å². The number of anilines is 1. The van der Waals surface area contributed by atoms with E-state index in [2.05, 4.69) is 12.2 Å². The first kappa shape index (κ1) is 18.6. The van der Waals surface area contributed by atoms with Gasteiger partial charge in [-0.2, -0.15) is 0 Å². The molecule has 0 aliphatic carbocycles. The fraction of sp³-hybridized carbons (Fsp3) is 0.286. The minimum absolute atomic E-state index is 0.210. The fourth-order valence-electron chi connectivity index (χ4n) is 2.27. The number of benzene rings is 2. The molecule has 1 amide bonds. The Morgan fingerprint density at radius 1 is 1.00 bits per heavy atom. The lowest BCUT2D eigenvalue weighted by molar-refractivity contribution is -0.111. The Balaban J connectivity index is 2.03. The Kier molecular flexibility index (Phi) is 7.57. The first-order valence-electron chi connectivity index (χ1n) is 8.67. The Labute approximate surface area is 149 Å². The number of ether oxygens (including phenoxy) is 2. The maximum absolute atomic E-state index is 12.2. The van der Waals surface area contributed by atoms with Crippen LogP contribution in [0.25, 0.3) is 6.08 Å². The van der Waals surface area contributed by atoms with Crippen LogP contribution in [0.15, 0.2) is 54.6 Å². The second-order valence-electron chi connectivity index (χ2n) is 5.49. The van der Waals surface area contributed by atoms with Gasteiger partial charge in [0.15, 0.2) is 0 Å². The molecule has 0 atom stereocenters. The van der Waals surface area contributed by atoms with E-state index in [4.69, 9.17) is 9.47 Å². The third-order valence-corrected chi connectivity index (χ3v) is 3.53. The summed E-state index contributed by atoms with van der Waals surface area (Å²) >= 11 is 0. The highest BCUT2D eigenvalue weighted by atomic mass is 16.5. The van der Waals surface area contributed by atoms with E-state index in [0.29, 0.717) is 24.7 Å². The number of hydrogen-bond acceptors (Lipinski definition) is 3. The van der Waals surface area contributed by atoms with Gasteiger partial charge in [0.2, 0.25) is 5.91 Å². The van der Waals surface area contributed by atoms with Crippen LogP contribution >= 0.6 is 0 Å². The van der Waals surface area contributed by atoms with Gasteiger partial charge in [-0.1, -0.05) is 43.7 Å². The third kappa shape index (κ3) is 5.99. The molecule has 0 bridgehead atoms. The minimum Gasteiger partial charge on any atom is -0.493 e. The molecule has 0 fully saturated rings. The maximum Gasteiger partial charge on any atom is 0.248 e. The number of amides is 1. The molecule has 132 valence electrons. The molecule has 4 heteroatoms. The average Bonchev–Trinajstić information content (AvgIpc) is 2.63. The van der Waals surface area contributed by atoms with E-state index in [1.165, 1.54) is 6.08 Å². The lowest BCUT2D eigenvalue weighted by Crippen LogP contribution is -2.09. The molecule has 2 rings (SSSR count). The topological polar surface area (TPSA) is 47.6 Å². The standard InChI is InChI=1S/C21H25NO3/c1-3-5-16-25-20-13-9-7-11-18(20)22-21(23)15-14-17-10-6-8-12-19(17)24-4-2/h6-15H,3-5,16H2,1-2H3,(H,22,23)/b15-14+. The Morgan fingerprint density at radius 2 is 1.72 bits per heavy atom. The van der Waals surface area contributed by atoms with Crippen molar-refractivity contribution in [2.24, 2.45) is 0 Å². The molecule has 0 aliphatic heterocycles. The summed E-state index contributed by atoms with van der Waals surface area (Å²) in [5.41, 5.74) is 1.54. The van der Waals surface area contributed by atoms with Crippen LogP contribution in [-0.4, -0.2) is 19.1 Å². The molecule has 25 heavy (non-hydrogen) atoms. The SMILES string of the molecule is CCCCOc1ccccc1NC(=O)/C=C/c1ccccc1OCC. The van der Waals surface area contributed by atoms with Crippen molar-refractivity contribution in [3.63, 3.8) is 0 Å². The highest BCUT2D eigenvalue weighted by Gasteiger charge is 2.06. The van der Waals surface area contributed by atoms with Crippen molar-refractivity contribution in [1.82, 2.24) is 0 Å². The number of carbonyl (C=O) groups excluding carboxylic acids is 1. The summed E-state index contributed by atoms with van der Waals surface area (Å²) in [4.78, 5) is 12.2. The maximum atomic E-state index is 12.2. The van der Waals surface area contributed by atoms with Gasteiger partial charge in [0.05, 0.1) is 18.9 Å². The lowest BCUT2D eigenvalue weighted by Gasteiger charge is -2.11. The zero-order chi connectivity index (χ0) is 17.9. The van der Waals surface area contributed by atoms with Crippen LogP contribution in [0, 0.1) is 0 Å². The number of nitrogens with one attached hydrogen (secondary N) is 1. The second-order valence-corrected chi connectivity index (χ2v) is 5.49. The molecular weight excluding hydrogens is 314 g/mol. The van der Waals surface area contributed by atoms with Crippen molar-refractivity contribution in [2.75, 3.05) is 18.5 Å². The van der Waals surface area contributed by atoms with Gasteiger partial charge in [0.25, 0.3) is 0 Å². The molecular formula is C21H25NO3. The zero-order valence-electron chi connectivity index (χ0n) is 14.8. The van der Waals surface area contributed by atoms with E-state index in [1.807, 2.05) is 55.5 Å². The van der Waals surface area contributed by atoms with Gasteiger partial charge in [-0.25, -0.2) is 0 Å². The van der Waals surface area contributed by atoms with Gasteiger partial charge in [0.1, 0.15) is 11.5 Å². The largest absolute Gasteiger partial charge is 0.493 e. The minimum atomic E-state index is -0.210. The van der Waals surface area contributed by atoms with E-state index < -0.39 is 0 Å². The molecule has 2 aromatic rings. The number of rotatable bonds is 9. The van der Waals surface area contributed by atoms with Crippen molar-refractivity contribution in [1.29, 1.82) is 0 Å². The summed E-state index contributed by atoms with van der Waals surface area (Å²) in [6.07, 6.45) is 5.30. The van der Waals surface area contributed by atoms with E-state index in [9.17, 15) is 4.79 Å². The van der Waals surface area contributed by atoms with Crippen molar-refractivity contribution >= 4 is 17.7 Å². The normalized spacial score (nSPS) is 10.6. The quantitative estimate of drug-likeness (QED) is 0.521. The molecule has 0 aromatic heterocycles. The molecule has 1 N–H and O–H groups in total. The average molecular weight is 339 g/mol. The highest BCUT2D eigenvalue weighted by molar-refractivity contribution is 6.02. The summed E-state index contributed by atoms with van der Waals surface area (Å²) in [5, 5.41) is 2.87. The van der Waals surface area contributed by atoms with E-state index in [1.54, 1.807) is 6.08 Å². The van der Waals surface area contributed by atoms with Crippen molar-refractivity contribution in [3.05, 3.63) is 60.2 Å². The molecule has 2 aromatic carbocycles. The molecule has 0 spiro atoms. The van der Waals surface area contributed by atoms with Crippen LogP contribution in [-0.2, 0) is 4.79 Å². The van der Waals surface area contributed by atoms with E-state index in [0.717, 1.165) is 24.2 Å². The number of unbranched alkanes of at least 4 members (excludes halogenated alkanes) is 1. The summed E-state index contributed by atoms with van der Waals surface area (Å²) < 4.78 is 11.3. The third-order valence-electron chi connectivity index (χ3n) is 3.53. The Hall–Kier alpha value is -2.75. The summed E-state index contributed by atoms with van der Waals surface area (Å²) in [5.74, 6) is 1.24. The fourth-order valence-corrected chi connectivity index (χ4v) is 2.27. The van der Waals surface area contributed by atoms with Crippen LogP contribution in [0.1, 0.15) is 32.3 Å². The van der Waals surface area contributed by atoms with Crippen LogP contribution in [0.5, 0.6) is 11.5 Å². The van der Waals surface area contributed by atoms with Crippen LogP contribution in [0.2, 0.25) is 0 Å². The predicted octanol–water partition coefficient (Wildman–Crippen LogP) is 4.92. The summed E-state index contributed by atoms with van der Waals surface area (Å²) in [7, 11) is 0. The smallest absolute Gasteiger partial charge is 0.248 e. The van der Waals surface area contributed by atoms with Crippen molar-refractivity contribution < 1.29 is 14.3 Å². The lowest BCUT2D eigenvalue weighted by atomic mass is 10.2. The number of hydrogen-bond donors (Lipinski definition) is 1. The summed E-state index contributed by atoms with van der Waals surface area (Å²) in [6.45, 7) is 5.27. The molecule has 4 nitrogen and oxygen atoms in total.